The normalized spacial score (nSPS) is 23.6. The first-order valence-electron chi connectivity index (χ1n) is 5.51. The van der Waals surface area contributed by atoms with E-state index < -0.39 is 23.8 Å². The summed E-state index contributed by atoms with van der Waals surface area (Å²) in [5, 5.41) is 10.0. The molecule has 0 spiro atoms. The monoisotopic (exact) mass is 243 g/mol. The molecule has 17 heavy (non-hydrogen) atoms. The molecule has 1 N–H and O–H groups in total. The van der Waals surface area contributed by atoms with Crippen molar-refractivity contribution in [3.8, 4) is 0 Å². The van der Waals surface area contributed by atoms with Crippen LogP contribution in [-0.2, 0) is 4.74 Å². The fourth-order valence-corrected chi connectivity index (χ4v) is 1.94. The Kier molecular flexibility index (Phi) is 3.71. The smallest absolute Gasteiger partial charge is 0.132 e. The van der Waals surface area contributed by atoms with E-state index in [9.17, 15) is 13.9 Å². The molecule has 0 aromatic heterocycles. The molecular weight excluding hydrogens is 228 g/mol. The van der Waals surface area contributed by atoms with Crippen LogP contribution < -0.4 is 0 Å². The molecule has 0 aliphatic carbocycles. The number of hydrogen-bond donors (Lipinski definition) is 1. The van der Waals surface area contributed by atoms with Crippen molar-refractivity contribution in [3.05, 3.63) is 35.4 Å². The largest absolute Gasteiger partial charge is 0.386 e. The number of halogens is 2. The number of aliphatic hydroxyl groups excluding tert-OH is 1. The van der Waals surface area contributed by atoms with E-state index in [4.69, 9.17) is 4.74 Å². The van der Waals surface area contributed by atoms with Crippen molar-refractivity contribution in [3.63, 3.8) is 0 Å². The molecule has 1 saturated heterocycles. The summed E-state index contributed by atoms with van der Waals surface area (Å²) in [5.74, 6) is -1.39. The minimum absolute atomic E-state index is 0.0756. The van der Waals surface area contributed by atoms with Gasteiger partial charge in [0.15, 0.2) is 0 Å². The Bertz CT molecular complexity index is 400. The Hall–Kier alpha value is -1.04. The van der Waals surface area contributed by atoms with Gasteiger partial charge in [-0.1, -0.05) is 6.07 Å². The molecule has 0 amide bonds. The van der Waals surface area contributed by atoms with E-state index in [0.717, 1.165) is 18.7 Å². The molecule has 3 nitrogen and oxygen atoms in total. The third kappa shape index (κ3) is 2.80. The van der Waals surface area contributed by atoms with Gasteiger partial charge < -0.3 is 14.7 Å². The summed E-state index contributed by atoms with van der Waals surface area (Å²) >= 11 is 0. The summed E-state index contributed by atoms with van der Waals surface area (Å²) in [7, 11) is 1.91. The Morgan fingerprint density at radius 2 is 2.24 bits per heavy atom. The summed E-state index contributed by atoms with van der Waals surface area (Å²) in [4.78, 5) is 2.00. The van der Waals surface area contributed by atoms with Gasteiger partial charge in [-0.3, -0.25) is 0 Å². The SMILES string of the molecule is CN1CCOC(C(O)c2ccc(F)cc2F)C1. The maximum absolute atomic E-state index is 13.5. The fourth-order valence-electron chi connectivity index (χ4n) is 1.94. The first-order chi connectivity index (χ1) is 8.08. The molecule has 1 aliphatic heterocycles. The van der Waals surface area contributed by atoms with Crippen molar-refractivity contribution in [2.75, 3.05) is 26.7 Å². The van der Waals surface area contributed by atoms with Crippen molar-refractivity contribution in [1.29, 1.82) is 0 Å². The molecule has 0 radical (unpaired) electrons. The van der Waals surface area contributed by atoms with Gasteiger partial charge in [0, 0.05) is 24.7 Å². The van der Waals surface area contributed by atoms with Crippen LogP contribution in [0.2, 0.25) is 0 Å². The Labute approximate surface area is 98.6 Å². The number of nitrogens with zero attached hydrogens (tertiary/aromatic N) is 1. The lowest BCUT2D eigenvalue weighted by molar-refractivity contribution is -0.0853. The number of rotatable bonds is 2. The number of ether oxygens (including phenoxy) is 1. The van der Waals surface area contributed by atoms with E-state index in [-0.39, 0.29) is 5.56 Å². The Balaban J connectivity index is 2.15. The van der Waals surface area contributed by atoms with E-state index in [0.29, 0.717) is 13.2 Å². The van der Waals surface area contributed by atoms with Gasteiger partial charge in [0.25, 0.3) is 0 Å². The van der Waals surface area contributed by atoms with Crippen molar-refractivity contribution in [2.45, 2.75) is 12.2 Å². The molecular formula is C12H15F2NO2. The molecule has 2 atom stereocenters. The number of aliphatic hydroxyl groups is 1. The summed E-state index contributed by atoms with van der Waals surface area (Å²) in [6.07, 6.45) is -1.55. The molecule has 5 heteroatoms. The number of benzene rings is 1. The highest BCUT2D eigenvalue weighted by molar-refractivity contribution is 5.22. The zero-order valence-electron chi connectivity index (χ0n) is 9.57. The third-order valence-corrected chi connectivity index (χ3v) is 2.93. The first kappa shape index (κ1) is 12.4. The summed E-state index contributed by atoms with van der Waals surface area (Å²) < 4.78 is 31.6. The molecule has 94 valence electrons. The number of hydrogen-bond acceptors (Lipinski definition) is 3. The molecule has 1 aromatic carbocycles. The van der Waals surface area contributed by atoms with Gasteiger partial charge in [-0.2, -0.15) is 0 Å². The molecule has 0 saturated carbocycles. The summed E-state index contributed by atoms with van der Waals surface area (Å²) in [6, 6.07) is 3.16. The molecule has 2 rings (SSSR count). The van der Waals surface area contributed by atoms with E-state index in [1.54, 1.807) is 0 Å². The van der Waals surface area contributed by atoms with Crippen molar-refractivity contribution >= 4 is 0 Å². The van der Waals surface area contributed by atoms with E-state index in [1.807, 2.05) is 11.9 Å². The van der Waals surface area contributed by atoms with Crippen LogP contribution in [0.3, 0.4) is 0 Å². The highest BCUT2D eigenvalue weighted by Crippen LogP contribution is 2.24. The molecule has 1 fully saturated rings. The zero-order chi connectivity index (χ0) is 12.4. The Morgan fingerprint density at radius 1 is 1.47 bits per heavy atom. The molecule has 2 unspecified atom stereocenters. The minimum Gasteiger partial charge on any atom is -0.386 e. The van der Waals surface area contributed by atoms with Crippen LogP contribution >= 0.6 is 0 Å². The van der Waals surface area contributed by atoms with Crippen LogP contribution in [0.4, 0.5) is 8.78 Å². The maximum atomic E-state index is 13.5. The van der Waals surface area contributed by atoms with Crippen LogP contribution in [0.5, 0.6) is 0 Å². The minimum atomic E-state index is -1.07. The van der Waals surface area contributed by atoms with Crippen LogP contribution in [0, 0.1) is 11.6 Å². The lowest BCUT2D eigenvalue weighted by Gasteiger charge is -2.33. The van der Waals surface area contributed by atoms with Crippen molar-refractivity contribution in [2.24, 2.45) is 0 Å². The van der Waals surface area contributed by atoms with Crippen LogP contribution in [-0.4, -0.2) is 42.9 Å². The van der Waals surface area contributed by atoms with Crippen LogP contribution in [0.1, 0.15) is 11.7 Å². The molecule has 1 heterocycles. The Morgan fingerprint density at radius 3 is 2.88 bits per heavy atom. The zero-order valence-corrected chi connectivity index (χ0v) is 9.57. The van der Waals surface area contributed by atoms with E-state index in [1.165, 1.54) is 6.07 Å². The van der Waals surface area contributed by atoms with Gasteiger partial charge in [-0.25, -0.2) is 8.78 Å². The van der Waals surface area contributed by atoms with Gasteiger partial charge in [-0.05, 0) is 13.1 Å². The van der Waals surface area contributed by atoms with E-state index >= 15 is 0 Å². The predicted octanol–water partition coefficient (Wildman–Crippen LogP) is 1.33. The lowest BCUT2D eigenvalue weighted by atomic mass is 10.0. The number of likely N-dealkylation sites (N-methyl/N-ethyl adjacent to an activating group) is 1. The van der Waals surface area contributed by atoms with Gasteiger partial charge in [0.2, 0.25) is 0 Å². The lowest BCUT2D eigenvalue weighted by Crippen LogP contribution is -2.43. The van der Waals surface area contributed by atoms with Gasteiger partial charge in [0.1, 0.15) is 23.8 Å². The summed E-state index contributed by atoms with van der Waals surface area (Å²) in [6.45, 7) is 1.81. The maximum Gasteiger partial charge on any atom is 0.132 e. The van der Waals surface area contributed by atoms with Crippen molar-refractivity contribution in [1.82, 2.24) is 4.90 Å². The van der Waals surface area contributed by atoms with Gasteiger partial charge in [0.05, 0.1) is 6.61 Å². The topological polar surface area (TPSA) is 32.7 Å². The second kappa shape index (κ2) is 5.08. The third-order valence-electron chi connectivity index (χ3n) is 2.93. The highest BCUT2D eigenvalue weighted by Gasteiger charge is 2.28. The number of morpholine rings is 1. The predicted molar refractivity (Wildman–Crippen MR) is 58.6 cm³/mol. The van der Waals surface area contributed by atoms with Crippen LogP contribution in [0.25, 0.3) is 0 Å². The standard InChI is InChI=1S/C12H15F2NO2/c1-15-4-5-17-11(7-15)12(16)9-3-2-8(13)6-10(9)14/h2-3,6,11-12,16H,4-5,7H2,1H3. The molecule has 1 aromatic rings. The van der Waals surface area contributed by atoms with Gasteiger partial charge in [-0.15, -0.1) is 0 Å². The highest BCUT2D eigenvalue weighted by atomic mass is 19.1. The molecule has 0 bridgehead atoms. The van der Waals surface area contributed by atoms with Crippen molar-refractivity contribution < 1.29 is 18.6 Å². The average Bonchev–Trinajstić information content (AvgIpc) is 2.28. The molecule has 1 aliphatic rings. The average molecular weight is 243 g/mol. The fraction of sp³-hybridized carbons (Fsp3) is 0.500. The van der Waals surface area contributed by atoms with E-state index in [2.05, 4.69) is 0 Å². The van der Waals surface area contributed by atoms with Gasteiger partial charge >= 0.3 is 0 Å². The quantitative estimate of drug-likeness (QED) is 0.850. The summed E-state index contributed by atoms with van der Waals surface area (Å²) in [5.41, 5.74) is 0.0756. The first-order valence-corrected chi connectivity index (χ1v) is 5.51. The second-order valence-electron chi connectivity index (χ2n) is 4.28. The second-order valence-corrected chi connectivity index (χ2v) is 4.28. The van der Waals surface area contributed by atoms with Crippen LogP contribution in [0.15, 0.2) is 18.2 Å².